The number of nitrogens with zero attached hydrogens (tertiary/aromatic N) is 3. The zero-order valence-corrected chi connectivity index (χ0v) is 9.14. The summed E-state index contributed by atoms with van der Waals surface area (Å²) < 4.78 is 0. The van der Waals surface area contributed by atoms with Crippen LogP contribution in [0.25, 0.3) is 11.4 Å². The lowest BCUT2D eigenvalue weighted by Gasteiger charge is -1.98. The molecule has 0 aliphatic heterocycles. The van der Waals surface area contributed by atoms with Crippen LogP contribution < -0.4 is 0 Å². The Morgan fingerprint density at radius 3 is 2.82 bits per heavy atom. The number of H-pyrrole nitrogens is 1. The molecule has 0 saturated heterocycles. The van der Waals surface area contributed by atoms with Gasteiger partial charge in [-0.15, -0.1) is 0 Å². The van der Waals surface area contributed by atoms with E-state index in [0.717, 1.165) is 11.3 Å². The Hall–Kier alpha value is -2.59. The van der Waals surface area contributed by atoms with E-state index >= 15 is 0 Å². The zero-order chi connectivity index (χ0) is 12.1. The van der Waals surface area contributed by atoms with Crippen LogP contribution in [0.1, 0.15) is 17.7 Å². The predicted molar refractivity (Wildman–Crippen MR) is 62.7 cm³/mol. The summed E-state index contributed by atoms with van der Waals surface area (Å²) in [7, 11) is 0. The molecule has 0 spiro atoms. The fourth-order valence-electron chi connectivity index (χ4n) is 1.60. The maximum absolute atomic E-state index is 8.99. The van der Waals surface area contributed by atoms with Crippen molar-refractivity contribution in [2.75, 3.05) is 0 Å². The Morgan fingerprint density at radius 1 is 1.24 bits per heavy atom. The van der Waals surface area contributed by atoms with Crippen LogP contribution in [0.5, 0.6) is 0 Å². The van der Waals surface area contributed by atoms with E-state index < -0.39 is 0 Å². The molecule has 0 radical (unpaired) electrons. The highest BCUT2D eigenvalue weighted by Gasteiger charge is 2.07. The number of hydrogen-bond donors (Lipinski definition) is 1. The first-order valence-electron chi connectivity index (χ1n) is 5.26. The number of nitriles is 2. The average Bonchev–Trinajstić information content (AvgIpc) is 2.85. The topological polar surface area (TPSA) is 76.3 Å². The molecule has 0 atom stereocenters. The Morgan fingerprint density at radius 2 is 2.06 bits per heavy atom. The second-order valence-electron chi connectivity index (χ2n) is 3.56. The highest BCUT2D eigenvalue weighted by molar-refractivity contribution is 5.64. The van der Waals surface area contributed by atoms with Crippen molar-refractivity contribution in [3.8, 4) is 23.5 Å². The standard InChI is InChI=1S/C13H10N4/c14-7-3-5-11-9-16-13(17-11)12-6-2-1-4-10(12)8-15/h1-2,4,6,9H,3,5H2,(H,16,17). The van der Waals surface area contributed by atoms with Gasteiger partial charge in [-0.3, -0.25) is 0 Å². The van der Waals surface area contributed by atoms with Gasteiger partial charge in [0.05, 0.1) is 23.4 Å². The van der Waals surface area contributed by atoms with Gasteiger partial charge in [0.2, 0.25) is 0 Å². The summed E-state index contributed by atoms with van der Waals surface area (Å²) in [5.74, 6) is 0.676. The quantitative estimate of drug-likeness (QED) is 0.866. The summed E-state index contributed by atoms with van der Waals surface area (Å²) >= 11 is 0. The van der Waals surface area contributed by atoms with Crippen LogP contribution in [0.4, 0.5) is 0 Å². The monoisotopic (exact) mass is 222 g/mol. The summed E-state index contributed by atoms with van der Waals surface area (Å²) in [5.41, 5.74) is 2.22. The second-order valence-corrected chi connectivity index (χ2v) is 3.56. The molecule has 0 fully saturated rings. The molecule has 0 unspecified atom stereocenters. The van der Waals surface area contributed by atoms with Gasteiger partial charge in [0.15, 0.2) is 0 Å². The highest BCUT2D eigenvalue weighted by atomic mass is 14.9. The Bertz CT molecular complexity index is 598. The first kappa shape index (κ1) is 10.9. The number of imidazole rings is 1. The van der Waals surface area contributed by atoms with Gasteiger partial charge in [-0.2, -0.15) is 10.5 Å². The number of aromatic amines is 1. The first-order valence-corrected chi connectivity index (χ1v) is 5.26. The third kappa shape index (κ3) is 2.32. The van der Waals surface area contributed by atoms with Crippen LogP contribution >= 0.6 is 0 Å². The van der Waals surface area contributed by atoms with Crippen molar-refractivity contribution in [1.29, 1.82) is 10.5 Å². The van der Waals surface area contributed by atoms with Crippen LogP contribution in [0.15, 0.2) is 30.5 Å². The summed E-state index contributed by atoms with van der Waals surface area (Å²) in [4.78, 5) is 7.40. The lowest BCUT2D eigenvalue weighted by Crippen LogP contribution is -1.87. The fourth-order valence-corrected chi connectivity index (χ4v) is 1.60. The molecule has 82 valence electrons. The van der Waals surface area contributed by atoms with Gasteiger partial charge in [-0.05, 0) is 12.1 Å². The van der Waals surface area contributed by atoms with E-state index in [9.17, 15) is 0 Å². The molecule has 0 saturated carbocycles. The molecule has 0 aliphatic carbocycles. The minimum Gasteiger partial charge on any atom is -0.344 e. The van der Waals surface area contributed by atoms with E-state index in [-0.39, 0.29) is 0 Å². The molecule has 4 heteroatoms. The lowest BCUT2D eigenvalue weighted by molar-refractivity contribution is 0.968. The molecule has 1 aromatic carbocycles. The van der Waals surface area contributed by atoms with Gasteiger partial charge in [0, 0.05) is 24.6 Å². The van der Waals surface area contributed by atoms with Crippen molar-refractivity contribution in [3.05, 3.63) is 41.7 Å². The van der Waals surface area contributed by atoms with Crippen molar-refractivity contribution in [2.45, 2.75) is 12.8 Å². The number of aromatic nitrogens is 2. The van der Waals surface area contributed by atoms with E-state index in [1.54, 1.807) is 12.3 Å². The number of nitrogens with one attached hydrogen (secondary N) is 1. The van der Waals surface area contributed by atoms with Crippen LogP contribution in [-0.4, -0.2) is 9.97 Å². The maximum atomic E-state index is 8.99. The largest absolute Gasteiger partial charge is 0.344 e. The number of benzene rings is 1. The Kier molecular flexibility index (Phi) is 3.18. The van der Waals surface area contributed by atoms with Crippen molar-refractivity contribution in [1.82, 2.24) is 9.97 Å². The van der Waals surface area contributed by atoms with Gasteiger partial charge in [0.25, 0.3) is 0 Å². The van der Waals surface area contributed by atoms with Crippen LogP contribution in [0.2, 0.25) is 0 Å². The zero-order valence-electron chi connectivity index (χ0n) is 9.14. The minimum absolute atomic E-state index is 0.449. The van der Waals surface area contributed by atoms with Crippen LogP contribution in [-0.2, 0) is 6.42 Å². The van der Waals surface area contributed by atoms with Gasteiger partial charge in [-0.25, -0.2) is 4.98 Å². The SMILES string of the molecule is N#CCCc1c[nH]c(-c2ccccc2C#N)n1. The van der Waals surface area contributed by atoms with Crippen molar-refractivity contribution >= 4 is 0 Å². The van der Waals surface area contributed by atoms with Crippen LogP contribution in [0, 0.1) is 22.7 Å². The van der Waals surface area contributed by atoms with E-state index in [0.29, 0.717) is 24.2 Å². The van der Waals surface area contributed by atoms with E-state index in [1.807, 2.05) is 18.2 Å². The molecular formula is C13H10N4. The number of aryl methyl sites for hydroxylation is 1. The third-order valence-corrected chi connectivity index (χ3v) is 2.43. The molecule has 4 nitrogen and oxygen atoms in total. The third-order valence-electron chi connectivity index (χ3n) is 2.43. The normalized spacial score (nSPS) is 9.53. The second kappa shape index (κ2) is 4.96. The van der Waals surface area contributed by atoms with Gasteiger partial charge < -0.3 is 4.98 Å². The smallest absolute Gasteiger partial charge is 0.138 e. The Labute approximate surface area is 99.2 Å². The average molecular weight is 222 g/mol. The van der Waals surface area contributed by atoms with E-state index in [1.165, 1.54) is 0 Å². The van der Waals surface area contributed by atoms with E-state index in [4.69, 9.17) is 10.5 Å². The summed E-state index contributed by atoms with van der Waals surface area (Å²) in [5, 5.41) is 17.5. The van der Waals surface area contributed by atoms with Crippen molar-refractivity contribution in [3.63, 3.8) is 0 Å². The van der Waals surface area contributed by atoms with Gasteiger partial charge >= 0.3 is 0 Å². The van der Waals surface area contributed by atoms with E-state index in [2.05, 4.69) is 22.1 Å². The predicted octanol–water partition coefficient (Wildman–Crippen LogP) is 2.40. The highest BCUT2D eigenvalue weighted by Crippen LogP contribution is 2.20. The number of rotatable bonds is 3. The molecule has 0 amide bonds. The molecule has 0 bridgehead atoms. The molecule has 2 rings (SSSR count). The van der Waals surface area contributed by atoms with Gasteiger partial charge in [0.1, 0.15) is 5.82 Å². The minimum atomic E-state index is 0.449. The molecule has 1 aromatic heterocycles. The fraction of sp³-hybridized carbons (Fsp3) is 0.154. The lowest BCUT2D eigenvalue weighted by atomic mass is 10.1. The van der Waals surface area contributed by atoms with Crippen molar-refractivity contribution in [2.24, 2.45) is 0 Å². The molecule has 2 aromatic rings. The Balaban J connectivity index is 2.32. The summed E-state index contributed by atoms with van der Waals surface area (Å²) in [6.45, 7) is 0. The first-order chi connectivity index (χ1) is 8.35. The molecule has 1 N–H and O–H groups in total. The summed E-state index contributed by atoms with van der Waals surface area (Å²) in [6.07, 6.45) is 2.85. The van der Waals surface area contributed by atoms with Gasteiger partial charge in [-0.1, -0.05) is 12.1 Å². The molecule has 17 heavy (non-hydrogen) atoms. The van der Waals surface area contributed by atoms with Crippen molar-refractivity contribution < 1.29 is 0 Å². The maximum Gasteiger partial charge on any atom is 0.138 e. The molecule has 0 aliphatic rings. The molecule has 1 heterocycles. The summed E-state index contributed by atoms with van der Waals surface area (Å²) in [6, 6.07) is 11.5. The van der Waals surface area contributed by atoms with Crippen LogP contribution in [0.3, 0.4) is 0 Å². The number of hydrogen-bond acceptors (Lipinski definition) is 3. The molecular weight excluding hydrogens is 212 g/mol.